The third kappa shape index (κ3) is 6.12. The van der Waals surface area contributed by atoms with E-state index in [9.17, 15) is 4.79 Å². The molecule has 0 bridgehead atoms. The molecule has 0 radical (unpaired) electrons. The first kappa shape index (κ1) is 19.9. The summed E-state index contributed by atoms with van der Waals surface area (Å²) in [5.41, 5.74) is 6.11. The van der Waals surface area contributed by atoms with E-state index in [0.29, 0.717) is 12.5 Å². The molecule has 0 aliphatic heterocycles. The Kier molecular flexibility index (Phi) is 7.06. The van der Waals surface area contributed by atoms with Gasteiger partial charge in [-0.25, -0.2) is 5.43 Å². The summed E-state index contributed by atoms with van der Waals surface area (Å²) in [6, 6.07) is 13.7. The maximum absolute atomic E-state index is 11.9. The van der Waals surface area contributed by atoms with Gasteiger partial charge in [-0.15, -0.1) is 0 Å². The zero-order valence-electron chi connectivity index (χ0n) is 16.6. The van der Waals surface area contributed by atoms with Gasteiger partial charge >= 0.3 is 0 Å². The molecule has 0 spiro atoms. The molecule has 148 valence electrons. The number of amides is 1. The summed E-state index contributed by atoms with van der Waals surface area (Å²) in [5.74, 6) is 1.76. The molecule has 0 unspecified atom stereocenters. The Morgan fingerprint density at radius 3 is 2.50 bits per heavy atom. The van der Waals surface area contributed by atoms with E-state index in [2.05, 4.69) is 30.4 Å². The van der Waals surface area contributed by atoms with Crippen LogP contribution in [0.4, 0.5) is 0 Å². The number of carbonyl (C=O) groups excluding carboxylic acids is 1. The van der Waals surface area contributed by atoms with E-state index < -0.39 is 0 Å². The Hall–Kier alpha value is -2.82. The number of fused-ring (bicyclic) bond motifs is 1. The van der Waals surface area contributed by atoms with E-state index in [-0.39, 0.29) is 12.5 Å². The molecule has 1 aliphatic rings. The molecule has 1 N–H and O–H groups in total. The van der Waals surface area contributed by atoms with Gasteiger partial charge in [-0.05, 0) is 84.7 Å². The number of ether oxygens (including phenoxy) is 2. The van der Waals surface area contributed by atoms with Crippen LogP contribution in [0.1, 0.15) is 43.4 Å². The molecule has 28 heavy (non-hydrogen) atoms. The number of carbonyl (C=O) groups is 1. The number of nitrogens with one attached hydrogen (secondary N) is 1. The van der Waals surface area contributed by atoms with Gasteiger partial charge < -0.3 is 9.47 Å². The molecule has 3 rings (SSSR count). The van der Waals surface area contributed by atoms with Crippen molar-refractivity contribution in [3.05, 3.63) is 59.2 Å². The molecule has 0 saturated heterocycles. The normalized spacial score (nSPS) is 13.4. The van der Waals surface area contributed by atoms with Gasteiger partial charge in [-0.1, -0.05) is 19.9 Å². The van der Waals surface area contributed by atoms with Crippen LogP contribution in [0.25, 0.3) is 0 Å². The smallest absolute Gasteiger partial charge is 0.277 e. The van der Waals surface area contributed by atoms with E-state index in [1.807, 2.05) is 36.4 Å². The first-order valence-electron chi connectivity index (χ1n) is 9.89. The van der Waals surface area contributed by atoms with E-state index in [1.165, 1.54) is 24.0 Å². The molecular formula is C23H28N2O3. The van der Waals surface area contributed by atoms with Crippen molar-refractivity contribution in [1.82, 2.24) is 5.43 Å². The monoisotopic (exact) mass is 380 g/mol. The fourth-order valence-corrected chi connectivity index (χ4v) is 3.07. The molecule has 5 nitrogen and oxygen atoms in total. The van der Waals surface area contributed by atoms with E-state index in [4.69, 9.17) is 9.47 Å². The molecule has 1 aliphatic carbocycles. The second-order valence-corrected chi connectivity index (χ2v) is 7.49. The first-order valence-corrected chi connectivity index (χ1v) is 9.89. The minimum absolute atomic E-state index is 0.0574. The summed E-state index contributed by atoms with van der Waals surface area (Å²) in [6.45, 7) is 4.85. The molecule has 2 aromatic rings. The largest absolute Gasteiger partial charge is 0.493 e. The van der Waals surface area contributed by atoms with Gasteiger partial charge in [-0.2, -0.15) is 5.10 Å². The number of benzene rings is 2. The van der Waals surface area contributed by atoms with Gasteiger partial charge in [0.1, 0.15) is 11.5 Å². The van der Waals surface area contributed by atoms with Crippen LogP contribution in [-0.2, 0) is 17.6 Å². The zero-order chi connectivity index (χ0) is 19.8. The highest BCUT2D eigenvalue weighted by Crippen LogP contribution is 2.25. The third-order valence-electron chi connectivity index (χ3n) is 4.56. The lowest BCUT2D eigenvalue weighted by molar-refractivity contribution is -0.123. The Bertz CT molecular complexity index is 813. The van der Waals surface area contributed by atoms with Crippen LogP contribution in [0.2, 0.25) is 0 Å². The van der Waals surface area contributed by atoms with Crippen LogP contribution in [0.15, 0.2) is 47.6 Å². The van der Waals surface area contributed by atoms with E-state index in [0.717, 1.165) is 29.9 Å². The average Bonchev–Trinajstić information content (AvgIpc) is 2.71. The lowest BCUT2D eigenvalue weighted by Gasteiger charge is -2.16. The molecule has 0 saturated carbocycles. The predicted octanol–water partition coefficient (Wildman–Crippen LogP) is 4.13. The van der Waals surface area contributed by atoms with Crippen molar-refractivity contribution in [2.24, 2.45) is 11.0 Å². The fraction of sp³-hybridized carbons (Fsp3) is 0.391. The molecule has 0 atom stereocenters. The van der Waals surface area contributed by atoms with Crippen molar-refractivity contribution < 1.29 is 14.3 Å². The van der Waals surface area contributed by atoms with Crippen LogP contribution in [0.5, 0.6) is 11.5 Å². The van der Waals surface area contributed by atoms with Gasteiger partial charge in [-0.3, -0.25) is 4.79 Å². The van der Waals surface area contributed by atoms with Crippen molar-refractivity contribution in [2.75, 3.05) is 13.2 Å². The predicted molar refractivity (Wildman–Crippen MR) is 111 cm³/mol. The lowest BCUT2D eigenvalue weighted by Crippen LogP contribution is -2.24. The van der Waals surface area contributed by atoms with Crippen LogP contribution in [0.3, 0.4) is 0 Å². The molecule has 0 fully saturated rings. The van der Waals surface area contributed by atoms with Gasteiger partial charge in [0.2, 0.25) is 0 Å². The standard InChI is InChI=1S/C23H28N2O3/c1-17(2)15-27-21-10-7-18(8-11-21)14-24-25-23(26)16-28-22-12-9-19-5-3-4-6-20(19)13-22/h7-14,17H,3-6,15-16H2,1-2H3,(H,25,26)/b24-14+. The average molecular weight is 380 g/mol. The SMILES string of the molecule is CC(C)COc1ccc(/C=N/NC(=O)COc2ccc3c(c2)CCCC3)cc1. The van der Waals surface area contributed by atoms with Crippen molar-refractivity contribution in [3.63, 3.8) is 0 Å². The second-order valence-electron chi connectivity index (χ2n) is 7.49. The number of hydrazone groups is 1. The van der Waals surface area contributed by atoms with Crippen LogP contribution >= 0.6 is 0 Å². The molecule has 0 heterocycles. The van der Waals surface area contributed by atoms with Gasteiger partial charge in [0.05, 0.1) is 12.8 Å². The van der Waals surface area contributed by atoms with Crippen LogP contribution < -0.4 is 14.9 Å². The molecule has 1 amide bonds. The van der Waals surface area contributed by atoms with Crippen LogP contribution in [0, 0.1) is 5.92 Å². The van der Waals surface area contributed by atoms with Gasteiger partial charge in [0.25, 0.3) is 5.91 Å². The first-order chi connectivity index (χ1) is 13.6. The van der Waals surface area contributed by atoms with E-state index in [1.54, 1.807) is 6.21 Å². The molecular weight excluding hydrogens is 352 g/mol. The number of hydrogen-bond acceptors (Lipinski definition) is 4. The molecule has 0 aromatic heterocycles. The topological polar surface area (TPSA) is 59.9 Å². The summed E-state index contributed by atoms with van der Waals surface area (Å²) < 4.78 is 11.2. The Labute approximate surface area is 166 Å². The van der Waals surface area contributed by atoms with Crippen molar-refractivity contribution in [1.29, 1.82) is 0 Å². The summed E-state index contributed by atoms with van der Waals surface area (Å²) in [4.78, 5) is 11.9. The molecule has 2 aromatic carbocycles. The number of aryl methyl sites for hydroxylation is 2. The zero-order valence-corrected chi connectivity index (χ0v) is 16.6. The minimum atomic E-state index is -0.286. The summed E-state index contributed by atoms with van der Waals surface area (Å²) >= 11 is 0. The van der Waals surface area contributed by atoms with Gasteiger partial charge in [0.15, 0.2) is 6.61 Å². The lowest BCUT2D eigenvalue weighted by atomic mass is 9.92. The maximum Gasteiger partial charge on any atom is 0.277 e. The third-order valence-corrected chi connectivity index (χ3v) is 4.56. The highest BCUT2D eigenvalue weighted by Gasteiger charge is 2.10. The number of rotatable bonds is 8. The van der Waals surface area contributed by atoms with Crippen LogP contribution in [-0.4, -0.2) is 25.3 Å². The highest BCUT2D eigenvalue weighted by molar-refractivity contribution is 5.83. The Morgan fingerprint density at radius 1 is 1.04 bits per heavy atom. The summed E-state index contributed by atoms with van der Waals surface area (Å²) in [5, 5.41) is 3.98. The quantitative estimate of drug-likeness (QED) is 0.553. The number of hydrogen-bond donors (Lipinski definition) is 1. The second kappa shape index (κ2) is 9.93. The summed E-state index contributed by atoms with van der Waals surface area (Å²) in [6.07, 6.45) is 6.29. The fourth-order valence-electron chi connectivity index (χ4n) is 3.07. The van der Waals surface area contributed by atoms with Gasteiger partial charge in [0, 0.05) is 0 Å². The highest BCUT2D eigenvalue weighted by atomic mass is 16.5. The maximum atomic E-state index is 11.9. The Morgan fingerprint density at radius 2 is 1.75 bits per heavy atom. The van der Waals surface area contributed by atoms with Crippen molar-refractivity contribution in [3.8, 4) is 11.5 Å². The Balaban J connectivity index is 1.42. The minimum Gasteiger partial charge on any atom is -0.493 e. The summed E-state index contributed by atoms with van der Waals surface area (Å²) in [7, 11) is 0. The van der Waals surface area contributed by atoms with E-state index >= 15 is 0 Å². The van der Waals surface area contributed by atoms with Crippen molar-refractivity contribution in [2.45, 2.75) is 39.5 Å². The number of nitrogens with zero attached hydrogens (tertiary/aromatic N) is 1. The van der Waals surface area contributed by atoms with Crippen molar-refractivity contribution >= 4 is 12.1 Å². The molecule has 5 heteroatoms.